The number of ether oxygens (including phenoxy) is 4. The van der Waals surface area contributed by atoms with Gasteiger partial charge in [-0.2, -0.15) is 0 Å². The maximum atomic E-state index is 12.6. The molecule has 0 spiro atoms. The lowest BCUT2D eigenvalue weighted by Crippen LogP contribution is -2.16. The van der Waals surface area contributed by atoms with Gasteiger partial charge in [0.25, 0.3) is 0 Å². The summed E-state index contributed by atoms with van der Waals surface area (Å²) < 4.78 is 21.8. The van der Waals surface area contributed by atoms with E-state index in [1.54, 1.807) is 38.5 Å². The molecule has 0 fully saturated rings. The van der Waals surface area contributed by atoms with Gasteiger partial charge in [-0.05, 0) is 54.1 Å². The normalized spacial score (nSPS) is 11.5. The Balaban J connectivity index is 1.67. The highest BCUT2D eigenvalue weighted by Crippen LogP contribution is 2.24. The zero-order valence-electron chi connectivity index (χ0n) is 15.8. The van der Waals surface area contributed by atoms with Gasteiger partial charge in [0.1, 0.15) is 17.2 Å². The first-order valence-electron chi connectivity index (χ1n) is 8.86. The van der Waals surface area contributed by atoms with E-state index in [-0.39, 0.29) is 6.61 Å². The van der Waals surface area contributed by atoms with E-state index >= 15 is 0 Å². The lowest BCUT2D eigenvalue weighted by molar-refractivity contribution is 0.00494. The zero-order valence-corrected chi connectivity index (χ0v) is 15.8. The Kier molecular flexibility index (Phi) is 6.65. The van der Waals surface area contributed by atoms with Crippen LogP contribution < -0.4 is 9.47 Å². The first-order chi connectivity index (χ1) is 13.7. The number of methoxy groups -OCH3 is 2. The van der Waals surface area contributed by atoms with Crippen LogP contribution in [0.4, 0.5) is 0 Å². The molecule has 144 valence electrons. The van der Waals surface area contributed by atoms with Crippen molar-refractivity contribution in [1.82, 2.24) is 0 Å². The number of benzene rings is 3. The number of para-hydroxylation sites is 1. The molecule has 1 unspecified atom stereocenters. The van der Waals surface area contributed by atoms with Gasteiger partial charge in [0.15, 0.2) is 6.10 Å². The second kappa shape index (κ2) is 9.58. The van der Waals surface area contributed by atoms with Crippen LogP contribution in [-0.4, -0.2) is 26.8 Å². The minimum atomic E-state index is -0.511. The summed E-state index contributed by atoms with van der Waals surface area (Å²) in [5.74, 6) is 1.69. The van der Waals surface area contributed by atoms with E-state index in [0.29, 0.717) is 11.3 Å². The summed E-state index contributed by atoms with van der Waals surface area (Å²) in [4.78, 5) is 12.6. The largest absolute Gasteiger partial charge is 0.497 e. The molecular formula is C23H22O5. The van der Waals surface area contributed by atoms with Crippen molar-refractivity contribution in [2.75, 3.05) is 20.8 Å². The van der Waals surface area contributed by atoms with Crippen molar-refractivity contribution in [3.63, 3.8) is 0 Å². The molecule has 0 saturated heterocycles. The van der Waals surface area contributed by atoms with E-state index in [9.17, 15) is 4.79 Å². The van der Waals surface area contributed by atoms with E-state index in [2.05, 4.69) is 0 Å². The van der Waals surface area contributed by atoms with Crippen LogP contribution in [0.2, 0.25) is 0 Å². The highest BCUT2D eigenvalue weighted by molar-refractivity contribution is 5.89. The zero-order chi connectivity index (χ0) is 19.8. The van der Waals surface area contributed by atoms with Crippen LogP contribution in [0.3, 0.4) is 0 Å². The Morgan fingerprint density at radius 3 is 2.00 bits per heavy atom. The van der Waals surface area contributed by atoms with Gasteiger partial charge in [0.2, 0.25) is 0 Å². The minimum Gasteiger partial charge on any atom is -0.497 e. The Morgan fingerprint density at radius 2 is 1.39 bits per heavy atom. The molecule has 0 radical (unpaired) electrons. The van der Waals surface area contributed by atoms with Gasteiger partial charge in [-0.15, -0.1) is 0 Å². The maximum Gasteiger partial charge on any atom is 0.338 e. The monoisotopic (exact) mass is 378 g/mol. The van der Waals surface area contributed by atoms with Crippen LogP contribution in [0.5, 0.6) is 17.2 Å². The average Bonchev–Trinajstić information content (AvgIpc) is 2.75. The summed E-state index contributed by atoms with van der Waals surface area (Å²) in [6, 6.07) is 23.6. The maximum absolute atomic E-state index is 12.6. The quantitative estimate of drug-likeness (QED) is 0.515. The molecule has 1 atom stereocenters. The highest BCUT2D eigenvalue weighted by atomic mass is 16.6. The van der Waals surface area contributed by atoms with Crippen molar-refractivity contribution >= 4 is 5.97 Å². The summed E-state index contributed by atoms with van der Waals surface area (Å²) in [6.45, 7) is 0.257. The summed E-state index contributed by atoms with van der Waals surface area (Å²) in [5.41, 5.74) is 1.27. The fourth-order valence-corrected chi connectivity index (χ4v) is 2.65. The van der Waals surface area contributed by atoms with E-state index in [1.165, 1.54) is 0 Å². The smallest absolute Gasteiger partial charge is 0.338 e. The van der Waals surface area contributed by atoms with Crippen molar-refractivity contribution in [3.05, 3.63) is 90.0 Å². The van der Waals surface area contributed by atoms with Gasteiger partial charge in [-0.3, -0.25) is 0 Å². The average molecular weight is 378 g/mol. The highest BCUT2D eigenvalue weighted by Gasteiger charge is 2.18. The molecule has 0 heterocycles. The van der Waals surface area contributed by atoms with Gasteiger partial charge >= 0.3 is 5.97 Å². The predicted molar refractivity (Wildman–Crippen MR) is 106 cm³/mol. The van der Waals surface area contributed by atoms with Crippen LogP contribution in [0.25, 0.3) is 0 Å². The molecule has 0 saturated carbocycles. The van der Waals surface area contributed by atoms with Crippen LogP contribution >= 0.6 is 0 Å². The topological polar surface area (TPSA) is 54.0 Å². The summed E-state index contributed by atoms with van der Waals surface area (Å²) in [7, 11) is 3.17. The third-order valence-corrected chi connectivity index (χ3v) is 4.12. The molecular weight excluding hydrogens is 356 g/mol. The molecule has 3 aromatic carbocycles. The van der Waals surface area contributed by atoms with Crippen molar-refractivity contribution in [1.29, 1.82) is 0 Å². The summed E-state index contributed by atoms with van der Waals surface area (Å²) >= 11 is 0. The molecule has 5 nitrogen and oxygen atoms in total. The molecule has 0 aromatic heterocycles. The van der Waals surface area contributed by atoms with Crippen LogP contribution in [0.1, 0.15) is 22.0 Å². The van der Waals surface area contributed by atoms with E-state index < -0.39 is 12.1 Å². The molecule has 3 aromatic rings. The fraction of sp³-hybridized carbons (Fsp3) is 0.174. The lowest BCUT2D eigenvalue weighted by atomic mass is 10.1. The molecule has 0 N–H and O–H groups in total. The van der Waals surface area contributed by atoms with E-state index in [1.807, 2.05) is 54.6 Å². The molecule has 28 heavy (non-hydrogen) atoms. The Labute approximate surface area is 164 Å². The predicted octanol–water partition coefficient (Wildman–Crippen LogP) is 5.03. The third-order valence-electron chi connectivity index (χ3n) is 4.12. The second-order valence-electron chi connectivity index (χ2n) is 6.06. The first kappa shape index (κ1) is 19.5. The number of carbonyl (C=O) groups is 1. The molecule has 0 amide bonds. The summed E-state index contributed by atoms with van der Waals surface area (Å²) in [5, 5.41) is 0. The van der Waals surface area contributed by atoms with Gasteiger partial charge < -0.3 is 18.9 Å². The van der Waals surface area contributed by atoms with Gasteiger partial charge in [0.05, 0.1) is 19.3 Å². The van der Waals surface area contributed by atoms with Crippen LogP contribution in [0.15, 0.2) is 78.9 Å². The van der Waals surface area contributed by atoms with Gasteiger partial charge in [0, 0.05) is 7.11 Å². The standard InChI is InChI=1S/C23H22O5/c1-25-16-22(17-8-12-19(26-2)13-9-17)28-23(24)18-10-14-21(15-11-18)27-20-6-4-3-5-7-20/h3-15,22H,16H2,1-2H3. The minimum absolute atomic E-state index is 0.257. The number of hydrogen-bond acceptors (Lipinski definition) is 5. The van der Waals surface area contributed by atoms with Crippen LogP contribution in [-0.2, 0) is 9.47 Å². The van der Waals surface area contributed by atoms with Crippen molar-refractivity contribution < 1.29 is 23.7 Å². The SMILES string of the molecule is COCC(OC(=O)c1ccc(Oc2ccccc2)cc1)c1ccc(OC)cc1. The van der Waals surface area contributed by atoms with Crippen LogP contribution in [0, 0.1) is 0 Å². The first-order valence-corrected chi connectivity index (χ1v) is 8.86. The molecule has 0 bridgehead atoms. The summed E-state index contributed by atoms with van der Waals surface area (Å²) in [6.07, 6.45) is -0.511. The molecule has 5 heteroatoms. The lowest BCUT2D eigenvalue weighted by Gasteiger charge is -2.18. The van der Waals surface area contributed by atoms with E-state index in [0.717, 1.165) is 17.1 Å². The van der Waals surface area contributed by atoms with Gasteiger partial charge in [-0.1, -0.05) is 30.3 Å². The van der Waals surface area contributed by atoms with E-state index in [4.69, 9.17) is 18.9 Å². The third kappa shape index (κ3) is 5.11. The van der Waals surface area contributed by atoms with Crippen molar-refractivity contribution in [2.24, 2.45) is 0 Å². The Morgan fingerprint density at radius 1 is 0.786 bits per heavy atom. The Bertz CT molecular complexity index is 873. The number of hydrogen-bond donors (Lipinski definition) is 0. The number of carbonyl (C=O) groups excluding carboxylic acids is 1. The second-order valence-corrected chi connectivity index (χ2v) is 6.06. The molecule has 3 rings (SSSR count). The number of esters is 1. The molecule has 0 aliphatic rings. The van der Waals surface area contributed by atoms with Crippen molar-refractivity contribution in [2.45, 2.75) is 6.10 Å². The number of rotatable bonds is 8. The van der Waals surface area contributed by atoms with Crippen molar-refractivity contribution in [3.8, 4) is 17.2 Å². The molecule has 0 aliphatic carbocycles. The van der Waals surface area contributed by atoms with Gasteiger partial charge in [-0.25, -0.2) is 4.79 Å². The Hall–Kier alpha value is -3.31. The fourth-order valence-electron chi connectivity index (χ4n) is 2.65. The molecule has 0 aliphatic heterocycles.